The second-order valence-electron chi connectivity index (χ2n) is 2.76. The van der Waals surface area contributed by atoms with Gasteiger partial charge in [-0.1, -0.05) is 27.7 Å². The molecule has 89 valence electrons. The molecule has 0 amide bonds. The Bertz CT molecular complexity index is 209. The maximum absolute atomic E-state index is 3.25. The molecule has 0 nitrogen and oxygen atoms in total. The maximum atomic E-state index is 3.25. The van der Waals surface area contributed by atoms with Gasteiger partial charge < -0.3 is 44.1 Å². The fraction of sp³-hybridized carbons (Fsp3) is 0.455. The van der Waals surface area contributed by atoms with Crippen LogP contribution in [-0.2, 0) is 21.7 Å². The summed E-state index contributed by atoms with van der Waals surface area (Å²) < 4.78 is 0. The van der Waals surface area contributed by atoms with Gasteiger partial charge in [-0.2, -0.15) is 35.2 Å². The third kappa shape index (κ3) is 8.71. The Morgan fingerprint density at radius 1 is 0.733 bits per heavy atom. The summed E-state index contributed by atoms with van der Waals surface area (Å²) in [6, 6.07) is 2.24. The number of hydrogen-bond donors (Lipinski definition) is 0. The summed E-state index contributed by atoms with van der Waals surface area (Å²) in [5.74, 6) is 0. The van der Waals surface area contributed by atoms with Crippen molar-refractivity contribution in [3.63, 3.8) is 0 Å². The Hall–Kier alpha value is 0.934. The van der Waals surface area contributed by atoms with Crippen LogP contribution in [0.25, 0.3) is 0 Å². The second-order valence-corrected chi connectivity index (χ2v) is 2.76. The Labute approximate surface area is 128 Å². The Balaban J connectivity index is -0.0000000526. The number of aryl methyl sites for hydroxylation is 2. The van der Waals surface area contributed by atoms with E-state index in [9.17, 15) is 0 Å². The monoisotopic (exact) mass is 303 g/mol. The first-order valence-corrected chi connectivity index (χ1v) is 4.03. The molecule has 1 radical (unpaired) electrons. The molecule has 1 aromatic carbocycles. The normalized spacial score (nSPS) is 6.53. The molecule has 0 aliphatic heterocycles. The van der Waals surface area contributed by atoms with Crippen LogP contribution in [0.3, 0.4) is 0 Å². The van der Waals surface area contributed by atoms with E-state index in [1.54, 1.807) is 6.92 Å². The third-order valence-electron chi connectivity index (χ3n) is 2.18. The van der Waals surface area contributed by atoms with Crippen LogP contribution in [0.2, 0.25) is 0 Å². The molecule has 0 spiro atoms. The predicted molar refractivity (Wildman–Crippen MR) is 52.0 cm³/mol. The van der Waals surface area contributed by atoms with Gasteiger partial charge in [0, 0.05) is 0 Å². The summed E-state index contributed by atoms with van der Waals surface area (Å²) in [7, 11) is 0. The molecule has 0 saturated heterocycles. The van der Waals surface area contributed by atoms with Crippen LogP contribution in [0.15, 0.2) is 6.07 Å². The minimum atomic E-state index is 0. The van der Waals surface area contributed by atoms with Crippen molar-refractivity contribution in [3.05, 3.63) is 35.2 Å². The van der Waals surface area contributed by atoms with Crippen molar-refractivity contribution in [2.75, 3.05) is 0 Å². The molecule has 15 heavy (non-hydrogen) atoms. The van der Waals surface area contributed by atoms with Crippen LogP contribution >= 0.6 is 0 Å². The van der Waals surface area contributed by atoms with Crippen molar-refractivity contribution < 1.29 is 58.9 Å². The number of hydrogen-bond acceptors (Lipinski definition) is 0. The molecule has 0 atom stereocenters. The van der Waals surface area contributed by atoms with Gasteiger partial charge in [-0.05, 0) is 0 Å². The minimum absolute atomic E-state index is 0. The quantitative estimate of drug-likeness (QED) is 0.331. The van der Waals surface area contributed by atoms with Crippen molar-refractivity contribution >= 4 is 0 Å². The molecular formula is C11H18Cl3Ti-2. The van der Waals surface area contributed by atoms with Crippen LogP contribution in [0.4, 0.5) is 0 Å². The summed E-state index contributed by atoms with van der Waals surface area (Å²) in [4.78, 5) is 0. The van der Waals surface area contributed by atoms with Crippen molar-refractivity contribution in [3.8, 4) is 0 Å². The van der Waals surface area contributed by atoms with Crippen LogP contribution in [-0.4, -0.2) is 0 Å². The number of halogens is 3. The first-order chi connectivity index (χ1) is 5.13. The molecule has 0 unspecified atom stereocenters. The minimum Gasteiger partial charge on any atom is -1.00 e. The average molecular weight is 304 g/mol. The van der Waals surface area contributed by atoms with Gasteiger partial charge in [0.15, 0.2) is 0 Å². The Kier molecular flexibility index (Phi) is 29.6. The van der Waals surface area contributed by atoms with Crippen molar-refractivity contribution in [2.45, 2.75) is 34.6 Å². The van der Waals surface area contributed by atoms with Gasteiger partial charge in [-0.25, -0.2) is 0 Å². The zero-order chi connectivity index (χ0) is 9.02. The van der Waals surface area contributed by atoms with Crippen molar-refractivity contribution in [1.82, 2.24) is 0 Å². The predicted octanol–water partition coefficient (Wildman–Crippen LogP) is -5.51. The van der Waals surface area contributed by atoms with Crippen LogP contribution in [0.5, 0.6) is 0 Å². The largest absolute Gasteiger partial charge is 3.00 e. The zero-order valence-corrected chi connectivity index (χ0v) is 13.7. The standard InChI is InChI=1S/C9H13.C2H5.3ClH.Ti/c1-6-5-7(2)9(4)8(6)3;1-2;;;;/h5H,1-4H3;1H2,2H3;3*1H;/q2*-1;;;;+3/p-3. The molecule has 4 heteroatoms. The van der Waals surface area contributed by atoms with E-state index in [2.05, 4.69) is 40.7 Å². The third-order valence-corrected chi connectivity index (χ3v) is 2.18. The van der Waals surface area contributed by atoms with Gasteiger partial charge in [-0.15, -0.1) is 0 Å². The van der Waals surface area contributed by atoms with Gasteiger partial charge in [0.2, 0.25) is 0 Å². The summed E-state index contributed by atoms with van der Waals surface area (Å²) in [5, 5.41) is 0. The van der Waals surface area contributed by atoms with E-state index < -0.39 is 0 Å². The van der Waals surface area contributed by atoms with E-state index in [1.807, 2.05) is 0 Å². The fourth-order valence-corrected chi connectivity index (χ4v) is 1.13. The van der Waals surface area contributed by atoms with Crippen LogP contribution < -0.4 is 37.2 Å². The summed E-state index contributed by atoms with van der Waals surface area (Å²) >= 11 is 0. The van der Waals surface area contributed by atoms with E-state index in [-0.39, 0.29) is 58.9 Å². The summed E-state index contributed by atoms with van der Waals surface area (Å²) in [5.41, 5.74) is 5.75. The van der Waals surface area contributed by atoms with Gasteiger partial charge >= 0.3 is 21.7 Å². The molecule has 0 aromatic heterocycles. The summed E-state index contributed by atoms with van der Waals surface area (Å²) in [6.07, 6.45) is 0. The molecular weight excluding hydrogens is 286 g/mol. The van der Waals surface area contributed by atoms with Gasteiger partial charge in [-0.3, -0.25) is 0 Å². The molecule has 0 N–H and O–H groups in total. The zero-order valence-electron chi connectivity index (χ0n) is 9.92. The SMILES string of the molecule is Cc1[cH-]c(C)c(C)c1C.[CH2-]C.[Cl-].[Cl-].[Cl-].[Ti+3]. The molecule has 0 fully saturated rings. The molecule has 0 saturated carbocycles. The molecule has 1 aromatic rings. The fourth-order valence-electron chi connectivity index (χ4n) is 1.13. The van der Waals surface area contributed by atoms with E-state index in [4.69, 9.17) is 0 Å². The summed E-state index contributed by atoms with van der Waals surface area (Å²) in [6.45, 7) is 13.7. The van der Waals surface area contributed by atoms with Crippen LogP contribution in [0, 0.1) is 34.6 Å². The molecule has 0 bridgehead atoms. The van der Waals surface area contributed by atoms with E-state index in [1.165, 1.54) is 22.3 Å². The first-order valence-electron chi connectivity index (χ1n) is 4.03. The average Bonchev–Trinajstić information content (AvgIpc) is 2.22. The van der Waals surface area contributed by atoms with E-state index >= 15 is 0 Å². The first kappa shape index (κ1) is 29.7. The van der Waals surface area contributed by atoms with Crippen molar-refractivity contribution in [2.24, 2.45) is 0 Å². The van der Waals surface area contributed by atoms with Gasteiger partial charge in [0.25, 0.3) is 0 Å². The van der Waals surface area contributed by atoms with Crippen molar-refractivity contribution in [1.29, 1.82) is 0 Å². The molecule has 1 rings (SSSR count). The molecule has 0 aliphatic carbocycles. The van der Waals surface area contributed by atoms with Crippen LogP contribution in [0.1, 0.15) is 29.2 Å². The second kappa shape index (κ2) is 14.9. The number of rotatable bonds is 0. The maximum Gasteiger partial charge on any atom is 3.00 e. The van der Waals surface area contributed by atoms with E-state index in [0.717, 1.165) is 0 Å². The van der Waals surface area contributed by atoms with Gasteiger partial charge in [0.05, 0.1) is 0 Å². The smallest absolute Gasteiger partial charge is 1.00 e. The molecule has 0 aliphatic rings. The van der Waals surface area contributed by atoms with E-state index in [0.29, 0.717) is 0 Å². The Morgan fingerprint density at radius 2 is 0.933 bits per heavy atom. The molecule has 0 heterocycles. The Morgan fingerprint density at radius 3 is 1.00 bits per heavy atom. The van der Waals surface area contributed by atoms with Gasteiger partial charge in [0.1, 0.15) is 0 Å². The topological polar surface area (TPSA) is 0 Å².